The minimum atomic E-state index is -3.59. The normalized spacial score (nSPS) is 11.3. The van der Waals surface area contributed by atoms with E-state index in [1.807, 2.05) is 13.0 Å². The van der Waals surface area contributed by atoms with Crippen molar-refractivity contribution in [2.45, 2.75) is 11.8 Å². The molecule has 0 atom stereocenters. The van der Waals surface area contributed by atoms with Crippen molar-refractivity contribution < 1.29 is 8.42 Å². The molecule has 0 saturated carbocycles. The fraction of sp³-hybridized carbons (Fsp3) is 0.0769. The van der Waals surface area contributed by atoms with Gasteiger partial charge in [0.25, 0.3) is 10.0 Å². The number of rotatable bonds is 3. The van der Waals surface area contributed by atoms with Gasteiger partial charge >= 0.3 is 0 Å². The largest absolute Gasteiger partial charge is 0.277 e. The summed E-state index contributed by atoms with van der Waals surface area (Å²) in [6, 6.07) is 12.1. The van der Waals surface area contributed by atoms with E-state index in [1.54, 1.807) is 36.4 Å². The molecule has 2 rings (SSSR count). The standard InChI is InChI=1S/C13H11Br2NO2S/c1-9-5-7-10(8-6-9)19(17,18)16-13-11(14)3-2-4-12(13)15/h2-8,16H,1H3. The molecule has 3 nitrogen and oxygen atoms in total. The van der Waals surface area contributed by atoms with Crippen molar-refractivity contribution in [1.82, 2.24) is 0 Å². The Bertz CT molecular complexity index is 677. The van der Waals surface area contributed by atoms with E-state index in [0.29, 0.717) is 14.6 Å². The molecule has 0 aliphatic carbocycles. The van der Waals surface area contributed by atoms with Crippen LogP contribution in [-0.2, 0) is 10.0 Å². The van der Waals surface area contributed by atoms with Crippen LogP contribution in [-0.4, -0.2) is 8.42 Å². The van der Waals surface area contributed by atoms with E-state index >= 15 is 0 Å². The molecule has 0 saturated heterocycles. The van der Waals surface area contributed by atoms with E-state index in [-0.39, 0.29) is 4.90 Å². The average Bonchev–Trinajstić information content (AvgIpc) is 2.35. The average molecular weight is 405 g/mol. The molecule has 0 amide bonds. The van der Waals surface area contributed by atoms with E-state index in [2.05, 4.69) is 36.6 Å². The maximum Gasteiger partial charge on any atom is 0.261 e. The summed E-state index contributed by atoms with van der Waals surface area (Å²) < 4.78 is 28.5. The Hall–Kier alpha value is -0.850. The van der Waals surface area contributed by atoms with Gasteiger partial charge in [-0.25, -0.2) is 8.42 Å². The second-order valence-corrected chi connectivity index (χ2v) is 7.41. The van der Waals surface area contributed by atoms with E-state index in [4.69, 9.17) is 0 Å². The maximum atomic E-state index is 12.3. The number of para-hydroxylation sites is 1. The lowest BCUT2D eigenvalue weighted by Gasteiger charge is -2.11. The number of benzene rings is 2. The number of nitrogens with one attached hydrogen (secondary N) is 1. The van der Waals surface area contributed by atoms with Gasteiger partial charge < -0.3 is 0 Å². The van der Waals surface area contributed by atoms with Gasteiger partial charge in [-0.2, -0.15) is 0 Å². The molecule has 0 heterocycles. The van der Waals surface area contributed by atoms with Gasteiger partial charge in [0.2, 0.25) is 0 Å². The number of hydrogen-bond donors (Lipinski definition) is 1. The van der Waals surface area contributed by atoms with Gasteiger partial charge in [0.05, 0.1) is 10.6 Å². The van der Waals surface area contributed by atoms with Crippen LogP contribution in [0.2, 0.25) is 0 Å². The number of hydrogen-bond acceptors (Lipinski definition) is 2. The fourth-order valence-corrected chi connectivity index (χ4v) is 4.07. The van der Waals surface area contributed by atoms with Crippen molar-refractivity contribution in [2.24, 2.45) is 0 Å². The number of anilines is 1. The second-order valence-electron chi connectivity index (χ2n) is 4.02. The van der Waals surface area contributed by atoms with Crippen LogP contribution < -0.4 is 4.72 Å². The molecule has 0 fully saturated rings. The summed E-state index contributed by atoms with van der Waals surface area (Å²) in [5, 5.41) is 0. The van der Waals surface area contributed by atoms with E-state index in [9.17, 15) is 8.42 Å². The monoisotopic (exact) mass is 403 g/mol. The first-order chi connectivity index (χ1) is 8.90. The molecule has 0 spiro atoms. The number of sulfonamides is 1. The molecular formula is C13H11Br2NO2S. The molecule has 1 N–H and O–H groups in total. The highest BCUT2D eigenvalue weighted by atomic mass is 79.9. The minimum Gasteiger partial charge on any atom is -0.277 e. The summed E-state index contributed by atoms with van der Waals surface area (Å²) in [7, 11) is -3.59. The van der Waals surface area contributed by atoms with Gasteiger partial charge in [0.1, 0.15) is 0 Å². The second kappa shape index (κ2) is 5.64. The highest BCUT2D eigenvalue weighted by Crippen LogP contribution is 2.32. The topological polar surface area (TPSA) is 46.2 Å². The SMILES string of the molecule is Cc1ccc(S(=O)(=O)Nc2c(Br)cccc2Br)cc1. The summed E-state index contributed by atoms with van der Waals surface area (Å²) >= 11 is 6.65. The highest BCUT2D eigenvalue weighted by molar-refractivity contribution is 9.11. The molecule has 100 valence electrons. The molecule has 2 aromatic rings. The van der Waals surface area contributed by atoms with Gasteiger partial charge in [-0.3, -0.25) is 4.72 Å². The summed E-state index contributed by atoms with van der Waals surface area (Å²) in [6.45, 7) is 1.91. The van der Waals surface area contributed by atoms with Gasteiger partial charge in [0.15, 0.2) is 0 Å². The molecule has 0 unspecified atom stereocenters. The Morgan fingerprint density at radius 3 is 2.00 bits per heavy atom. The van der Waals surface area contributed by atoms with Crippen molar-refractivity contribution in [3.05, 3.63) is 57.0 Å². The van der Waals surface area contributed by atoms with Crippen molar-refractivity contribution >= 4 is 47.6 Å². The lowest BCUT2D eigenvalue weighted by Crippen LogP contribution is -2.13. The summed E-state index contributed by atoms with van der Waals surface area (Å²) in [4.78, 5) is 0.237. The van der Waals surface area contributed by atoms with Crippen LogP contribution in [0, 0.1) is 6.92 Å². The zero-order chi connectivity index (χ0) is 14.0. The predicted molar refractivity (Wildman–Crippen MR) is 83.8 cm³/mol. The molecule has 0 aliphatic rings. The van der Waals surface area contributed by atoms with Crippen LogP contribution in [0.5, 0.6) is 0 Å². The van der Waals surface area contributed by atoms with Crippen molar-refractivity contribution in [3.63, 3.8) is 0 Å². The molecule has 0 aliphatic heterocycles. The molecule has 0 radical (unpaired) electrons. The van der Waals surface area contributed by atoms with E-state index < -0.39 is 10.0 Å². The van der Waals surface area contributed by atoms with Crippen LogP contribution in [0.25, 0.3) is 0 Å². The first-order valence-corrected chi connectivity index (χ1v) is 8.50. The third-order valence-corrected chi connectivity index (χ3v) is 5.22. The number of halogens is 2. The lowest BCUT2D eigenvalue weighted by molar-refractivity contribution is 0.601. The van der Waals surface area contributed by atoms with Crippen molar-refractivity contribution in [1.29, 1.82) is 0 Å². The Morgan fingerprint density at radius 2 is 1.47 bits per heavy atom. The number of aryl methyl sites for hydroxylation is 1. The maximum absolute atomic E-state index is 12.3. The molecule has 0 bridgehead atoms. The van der Waals surface area contributed by atoms with E-state index in [1.165, 1.54) is 0 Å². The van der Waals surface area contributed by atoms with Gasteiger partial charge in [-0.05, 0) is 63.0 Å². The van der Waals surface area contributed by atoms with Gasteiger partial charge in [0, 0.05) is 8.95 Å². The Labute approximate surface area is 129 Å². The quantitative estimate of drug-likeness (QED) is 0.827. The predicted octanol–water partition coefficient (Wildman–Crippen LogP) is 4.32. The van der Waals surface area contributed by atoms with Crippen LogP contribution in [0.1, 0.15) is 5.56 Å². The van der Waals surface area contributed by atoms with Crippen LogP contribution >= 0.6 is 31.9 Å². The van der Waals surface area contributed by atoms with Gasteiger partial charge in [-0.15, -0.1) is 0 Å². The molecule has 0 aromatic heterocycles. The minimum absolute atomic E-state index is 0.237. The van der Waals surface area contributed by atoms with Crippen molar-refractivity contribution in [2.75, 3.05) is 4.72 Å². The highest BCUT2D eigenvalue weighted by Gasteiger charge is 2.16. The van der Waals surface area contributed by atoms with E-state index in [0.717, 1.165) is 5.56 Å². The van der Waals surface area contributed by atoms with Crippen molar-refractivity contribution in [3.8, 4) is 0 Å². The third kappa shape index (κ3) is 3.38. The Morgan fingerprint density at radius 1 is 0.947 bits per heavy atom. The first-order valence-electron chi connectivity index (χ1n) is 5.43. The zero-order valence-corrected chi connectivity index (χ0v) is 14.0. The van der Waals surface area contributed by atoms with Crippen LogP contribution in [0.15, 0.2) is 56.3 Å². The van der Waals surface area contributed by atoms with Crippen LogP contribution in [0.4, 0.5) is 5.69 Å². The van der Waals surface area contributed by atoms with Crippen LogP contribution in [0.3, 0.4) is 0 Å². The molecule has 2 aromatic carbocycles. The van der Waals surface area contributed by atoms with Gasteiger partial charge in [-0.1, -0.05) is 23.8 Å². The Kier molecular flexibility index (Phi) is 4.32. The molecule has 6 heteroatoms. The third-order valence-electron chi connectivity index (χ3n) is 2.53. The summed E-state index contributed by atoms with van der Waals surface area (Å²) in [6.07, 6.45) is 0. The lowest BCUT2D eigenvalue weighted by atomic mass is 10.2. The zero-order valence-electron chi connectivity index (χ0n) is 10.0. The Balaban J connectivity index is 2.39. The summed E-state index contributed by atoms with van der Waals surface area (Å²) in [5.41, 5.74) is 1.50. The molecular weight excluding hydrogens is 394 g/mol. The summed E-state index contributed by atoms with van der Waals surface area (Å²) in [5.74, 6) is 0. The smallest absolute Gasteiger partial charge is 0.261 e. The molecule has 19 heavy (non-hydrogen) atoms. The first kappa shape index (κ1) is 14.6. The fourth-order valence-electron chi connectivity index (χ4n) is 1.51.